The van der Waals surface area contributed by atoms with Gasteiger partial charge in [0.1, 0.15) is 18.2 Å². The van der Waals surface area contributed by atoms with Crippen LogP contribution >= 0.6 is 0 Å². The van der Waals surface area contributed by atoms with E-state index in [1.54, 1.807) is 6.33 Å². The smallest absolute Gasteiger partial charge is 0.123 e. The van der Waals surface area contributed by atoms with Crippen LogP contribution in [0.25, 0.3) is 0 Å². The largest absolute Gasteiger partial charge is 0.488 e. The molecule has 18 heavy (non-hydrogen) atoms. The molecule has 1 aromatic carbocycles. The van der Waals surface area contributed by atoms with Crippen molar-refractivity contribution in [1.29, 1.82) is 0 Å². The third-order valence-corrected chi connectivity index (χ3v) is 3.29. The number of likely N-dealkylation sites (N-methyl/N-ethyl adjacent to an activating group) is 1. The molecule has 0 amide bonds. The standard InChI is InChI=1S/C14H15N3O/c1-15-14(11-7-16-9-17-8-11)13-6-10-4-2-3-5-12(10)18-13/h2-5,7-9,13-15H,6H2,1H3. The summed E-state index contributed by atoms with van der Waals surface area (Å²) in [5.74, 6) is 0.986. The van der Waals surface area contributed by atoms with Crippen molar-refractivity contribution in [3.63, 3.8) is 0 Å². The Morgan fingerprint density at radius 1 is 1.28 bits per heavy atom. The van der Waals surface area contributed by atoms with Crippen LogP contribution in [0, 0.1) is 0 Å². The van der Waals surface area contributed by atoms with Crippen molar-refractivity contribution in [3.8, 4) is 5.75 Å². The molecule has 0 radical (unpaired) electrons. The average Bonchev–Trinajstić information content (AvgIpc) is 2.84. The van der Waals surface area contributed by atoms with Crippen LogP contribution < -0.4 is 10.1 Å². The van der Waals surface area contributed by atoms with Crippen molar-refractivity contribution in [2.45, 2.75) is 18.6 Å². The second-order valence-electron chi connectivity index (χ2n) is 4.41. The Bertz CT molecular complexity index is 505. The molecule has 0 saturated heterocycles. The van der Waals surface area contributed by atoms with Crippen LogP contribution in [0.2, 0.25) is 0 Å². The Morgan fingerprint density at radius 3 is 2.78 bits per heavy atom. The fraction of sp³-hybridized carbons (Fsp3) is 0.286. The summed E-state index contributed by atoms with van der Waals surface area (Å²) in [5.41, 5.74) is 2.32. The molecule has 0 fully saturated rings. The van der Waals surface area contributed by atoms with E-state index >= 15 is 0 Å². The van der Waals surface area contributed by atoms with Crippen molar-refractivity contribution in [2.24, 2.45) is 0 Å². The number of benzene rings is 1. The molecule has 92 valence electrons. The maximum Gasteiger partial charge on any atom is 0.123 e. The molecule has 1 N–H and O–H groups in total. The van der Waals surface area contributed by atoms with Crippen LogP contribution in [0.3, 0.4) is 0 Å². The summed E-state index contributed by atoms with van der Waals surface area (Å²) in [7, 11) is 1.93. The van der Waals surface area contributed by atoms with Gasteiger partial charge in [0.15, 0.2) is 0 Å². The van der Waals surface area contributed by atoms with Gasteiger partial charge in [0, 0.05) is 24.4 Å². The van der Waals surface area contributed by atoms with E-state index in [2.05, 4.69) is 21.4 Å². The van der Waals surface area contributed by atoms with Gasteiger partial charge in [-0.1, -0.05) is 18.2 Å². The van der Waals surface area contributed by atoms with Gasteiger partial charge in [-0.2, -0.15) is 0 Å². The highest BCUT2D eigenvalue weighted by Gasteiger charge is 2.30. The molecule has 4 nitrogen and oxygen atoms in total. The molecule has 2 atom stereocenters. The molecular weight excluding hydrogens is 226 g/mol. The monoisotopic (exact) mass is 241 g/mol. The number of aromatic nitrogens is 2. The topological polar surface area (TPSA) is 47.0 Å². The Hall–Kier alpha value is -1.94. The highest BCUT2D eigenvalue weighted by atomic mass is 16.5. The number of nitrogens with zero attached hydrogens (tertiary/aromatic N) is 2. The summed E-state index contributed by atoms with van der Waals surface area (Å²) < 4.78 is 6.00. The third-order valence-electron chi connectivity index (χ3n) is 3.29. The fourth-order valence-corrected chi connectivity index (χ4v) is 2.43. The van der Waals surface area contributed by atoms with Crippen LogP contribution in [0.15, 0.2) is 43.0 Å². The van der Waals surface area contributed by atoms with Crippen molar-refractivity contribution >= 4 is 0 Å². The third kappa shape index (κ3) is 1.95. The number of hydrogen-bond donors (Lipinski definition) is 1. The maximum atomic E-state index is 6.00. The Labute approximate surface area is 106 Å². The van der Waals surface area contributed by atoms with Gasteiger partial charge in [-0.3, -0.25) is 0 Å². The molecule has 2 aromatic rings. The number of fused-ring (bicyclic) bond motifs is 1. The molecule has 0 spiro atoms. The molecule has 0 saturated carbocycles. The van der Waals surface area contributed by atoms with Crippen molar-refractivity contribution < 1.29 is 4.74 Å². The summed E-state index contributed by atoms with van der Waals surface area (Å²) in [4.78, 5) is 8.13. The fourth-order valence-electron chi connectivity index (χ4n) is 2.43. The van der Waals surface area contributed by atoms with Gasteiger partial charge in [0.2, 0.25) is 0 Å². The first kappa shape index (κ1) is 11.2. The minimum atomic E-state index is 0.0957. The molecule has 3 rings (SSSR count). The van der Waals surface area contributed by atoms with E-state index < -0.39 is 0 Å². The number of rotatable bonds is 3. The second-order valence-corrected chi connectivity index (χ2v) is 4.41. The minimum absolute atomic E-state index is 0.0957. The van der Waals surface area contributed by atoms with E-state index in [1.807, 2.05) is 37.6 Å². The highest BCUT2D eigenvalue weighted by molar-refractivity contribution is 5.38. The quantitative estimate of drug-likeness (QED) is 0.889. The van der Waals surface area contributed by atoms with Crippen molar-refractivity contribution in [2.75, 3.05) is 7.05 Å². The summed E-state index contributed by atoms with van der Waals surface area (Å²) >= 11 is 0. The molecule has 1 aromatic heterocycles. The molecule has 1 aliphatic heterocycles. The Balaban J connectivity index is 1.84. The zero-order chi connectivity index (χ0) is 12.4. The van der Waals surface area contributed by atoms with Gasteiger partial charge in [0.05, 0.1) is 6.04 Å². The van der Waals surface area contributed by atoms with Crippen LogP contribution in [0.4, 0.5) is 0 Å². The molecule has 2 unspecified atom stereocenters. The van der Waals surface area contributed by atoms with E-state index in [-0.39, 0.29) is 12.1 Å². The predicted molar refractivity (Wildman–Crippen MR) is 68.4 cm³/mol. The molecule has 2 heterocycles. The summed E-state index contributed by atoms with van der Waals surface area (Å²) in [6.45, 7) is 0. The van der Waals surface area contributed by atoms with Gasteiger partial charge in [-0.05, 0) is 18.7 Å². The zero-order valence-electron chi connectivity index (χ0n) is 10.2. The van der Waals surface area contributed by atoms with Gasteiger partial charge in [-0.25, -0.2) is 9.97 Å². The lowest BCUT2D eigenvalue weighted by atomic mass is 10.00. The van der Waals surface area contributed by atoms with E-state index in [1.165, 1.54) is 5.56 Å². The lowest BCUT2D eigenvalue weighted by molar-refractivity contribution is 0.183. The second kappa shape index (κ2) is 4.74. The normalized spacial score (nSPS) is 19.1. The maximum absolute atomic E-state index is 6.00. The van der Waals surface area contributed by atoms with Crippen molar-refractivity contribution in [3.05, 3.63) is 54.1 Å². The number of hydrogen-bond acceptors (Lipinski definition) is 4. The molecular formula is C14H15N3O. The Morgan fingerprint density at radius 2 is 2.06 bits per heavy atom. The zero-order valence-corrected chi connectivity index (χ0v) is 10.2. The van der Waals surface area contributed by atoms with E-state index in [4.69, 9.17) is 4.74 Å². The summed E-state index contributed by atoms with van der Waals surface area (Å²) in [6, 6.07) is 8.29. The predicted octanol–water partition coefficient (Wildman–Crippen LogP) is 1.74. The van der Waals surface area contributed by atoms with E-state index in [9.17, 15) is 0 Å². The van der Waals surface area contributed by atoms with E-state index in [0.29, 0.717) is 0 Å². The Kier molecular flexibility index (Phi) is 2.94. The van der Waals surface area contributed by atoms with Crippen molar-refractivity contribution in [1.82, 2.24) is 15.3 Å². The summed E-state index contributed by atoms with van der Waals surface area (Å²) in [5, 5.41) is 3.29. The van der Waals surface area contributed by atoms with Crippen LogP contribution in [-0.4, -0.2) is 23.1 Å². The first-order valence-electron chi connectivity index (χ1n) is 6.05. The molecule has 0 bridgehead atoms. The molecule has 4 heteroatoms. The number of para-hydroxylation sites is 1. The lowest BCUT2D eigenvalue weighted by Crippen LogP contribution is -2.32. The first-order valence-corrected chi connectivity index (χ1v) is 6.05. The summed E-state index contributed by atoms with van der Waals surface area (Å²) in [6.07, 6.45) is 6.22. The highest BCUT2D eigenvalue weighted by Crippen LogP contribution is 2.33. The SMILES string of the molecule is CNC(c1cncnc1)C1Cc2ccccc2O1. The van der Waals surface area contributed by atoms with Gasteiger partial charge in [-0.15, -0.1) is 0 Å². The van der Waals surface area contributed by atoms with Gasteiger partial charge < -0.3 is 10.1 Å². The van der Waals surface area contributed by atoms with Crippen LogP contribution in [-0.2, 0) is 6.42 Å². The van der Waals surface area contributed by atoms with Crippen LogP contribution in [0.1, 0.15) is 17.2 Å². The minimum Gasteiger partial charge on any atom is -0.488 e. The van der Waals surface area contributed by atoms with Crippen LogP contribution in [0.5, 0.6) is 5.75 Å². The first-order chi connectivity index (χ1) is 8.88. The average molecular weight is 241 g/mol. The van der Waals surface area contributed by atoms with E-state index in [0.717, 1.165) is 17.7 Å². The van der Waals surface area contributed by atoms with Gasteiger partial charge in [0.25, 0.3) is 0 Å². The van der Waals surface area contributed by atoms with Gasteiger partial charge >= 0.3 is 0 Å². The molecule has 1 aliphatic rings. The molecule has 0 aliphatic carbocycles. The number of ether oxygens (including phenoxy) is 1. The number of nitrogens with one attached hydrogen (secondary N) is 1. The lowest BCUT2D eigenvalue weighted by Gasteiger charge is -2.22.